The molecule has 0 unspecified atom stereocenters. The smallest absolute Gasteiger partial charge is 0.246 e. The molecule has 0 saturated heterocycles. The highest BCUT2D eigenvalue weighted by atomic mass is 32.2. The molecule has 1 aliphatic rings. The number of thioether (sulfide) groups is 1. The standard InChI is InChI=1S/C21H26N2O2S/c1-16(24)14-22(18-8-4-3-5-9-18)15-21(25)23-13-12-17(2)26-20-11-7-6-10-19(20)23/h3-11,16-17,24H,12-15H2,1-2H3/t16-,17-/m0/s1. The molecule has 0 spiro atoms. The summed E-state index contributed by atoms with van der Waals surface area (Å²) in [6.07, 6.45) is 0.460. The van der Waals surface area contributed by atoms with Crippen molar-refractivity contribution in [1.29, 1.82) is 0 Å². The first-order chi connectivity index (χ1) is 12.5. The third kappa shape index (κ3) is 4.59. The summed E-state index contributed by atoms with van der Waals surface area (Å²) < 4.78 is 0. The second-order valence-corrected chi connectivity index (χ2v) is 8.28. The lowest BCUT2D eigenvalue weighted by atomic mass is 10.2. The van der Waals surface area contributed by atoms with Gasteiger partial charge in [0.1, 0.15) is 0 Å². The van der Waals surface area contributed by atoms with Gasteiger partial charge in [-0.1, -0.05) is 37.3 Å². The van der Waals surface area contributed by atoms with E-state index in [0.717, 1.165) is 29.2 Å². The Hall–Kier alpha value is -1.98. The molecule has 1 N–H and O–H groups in total. The average molecular weight is 371 g/mol. The van der Waals surface area contributed by atoms with Gasteiger partial charge in [-0.25, -0.2) is 0 Å². The number of rotatable bonds is 5. The van der Waals surface area contributed by atoms with E-state index in [9.17, 15) is 9.90 Å². The number of aliphatic hydroxyl groups is 1. The molecule has 2 aromatic carbocycles. The number of amides is 1. The Labute approximate surface area is 159 Å². The molecule has 1 amide bonds. The number of para-hydroxylation sites is 2. The Bertz CT molecular complexity index is 736. The number of hydrogen-bond donors (Lipinski definition) is 1. The Morgan fingerprint density at radius 2 is 1.92 bits per heavy atom. The summed E-state index contributed by atoms with van der Waals surface area (Å²) in [5, 5.41) is 10.4. The molecule has 0 bridgehead atoms. The van der Waals surface area contributed by atoms with Crippen LogP contribution >= 0.6 is 11.8 Å². The normalized spacial score (nSPS) is 18.0. The molecule has 4 nitrogen and oxygen atoms in total. The van der Waals surface area contributed by atoms with Crippen molar-refractivity contribution in [2.75, 3.05) is 29.4 Å². The SMILES string of the molecule is C[C@H](O)CN(CC(=O)N1CC[C@H](C)Sc2ccccc21)c1ccccc1. The maximum absolute atomic E-state index is 13.2. The minimum absolute atomic E-state index is 0.0663. The van der Waals surface area contributed by atoms with E-state index in [1.54, 1.807) is 6.92 Å². The van der Waals surface area contributed by atoms with Gasteiger partial charge in [0, 0.05) is 28.9 Å². The number of hydrogen-bond acceptors (Lipinski definition) is 4. The van der Waals surface area contributed by atoms with E-state index in [-0.39, 0.29) is 12.5 Å². The van der Waals surface area contributed by atoms with E-state index in [1.807, 2.05) is 70.1 Å². The van der Waals surface area contributed by atoms with E-state index in [2.05, 4.69) is 13.0 Å². The molecular weight excluding hydrogens is 344 g/mol. The lowest BCUT2D eigenvalue weighted by Gasteiger charge is -2.29. The van der Waals surface area contributed by atoms with Gasteiger partial charge in [0.05, 0.1) is 18.3 Å². The van der Waals surface area contributed by atoms with Crippen LogP contribution in [0.4, 0.5) is 11.4 Å². The number of nitrogens with zero attached hydrogens (tertiary/aromatic N) is 2. The summed E-state index contributed by atoms with van der Waals surface area (Å²) in [6, 6.07) is 17.9. The van der Waals surface area contributed by atoms with E-state index in [0.29, 0.717) is 11.8 Å². The largest absolute Gasteiger partial charge is 0.392 e. The van der Waals surface area contributed by atoms with Crippen molar-refractivity contribution in [2.45, 2.75) is 36.5 Å². The Kier molecular flexibility index (Phi) is 6.22. The number of fused-ring (bicyclic) bond motifs is 1. The summed E-state index contributed by atoms with van der Waals surface area (Å²) in [7, 11) is 0. The van der Waals surface area contributed by atoms with Crippen LogP contribution in [0.5, 0.6) is 0 Å². The van der Waals surface area contributed by atoms with Crippen molar-refractivity contribution < 1.29 is 9.90 Å². The van der Waals surface area contributed by atoms with Gasteiger partial charge in [-0.15, -0.1) is 11.8 Å². The minimum Gasteiger partial charge on any atom is -0.392 e. The van der Waals surface area contributed by atoms with Gasteiger partial charge < -0.3 is 14.9 Å². The lowest BCUT2D eigenvalue weighted by Crippen LogP contribution is -2.43. The van der Waals surface area contributed by atoms with Crippen LogP contribution in [0.1, 0.15) is 20.3 Å². The van der Waals surface area contributed by atoms with Crippen molar-refractivity contribution in [2.24, 2.45) is 0 Å². The average Bonchev–Trinajstić information content (AvgIpc) is 2.79. The quantitative estimate of drug-likeness (QED) is 0.870. The second-order valence-electron chi connectivity index (χ2n) is 6.80. The zero-order chi connectivity index (χ0) is 18.5. The maximum Gasteiger partial charge on any atom is 0.246 e. The zero-order valence-electron chi connectivity index (χ0n) is 15.3. The lowest BCUT2D eigenvalue weighted by molar-refractivity contribution is -0.117. The summed E-state index contributed by atoms with van der Waals surface area (Å²) in [4.78, 5) is 18.2. The van der Waals surface area contributed by atoms with Crippen LogP contribution in [0.2, 0.25) is 0 Å². The molecular formula is C21H26N2O2S. The Morgan fingerprint density at radius 3 is 2.65 bits per heavy atom. The first-order valence-corrected chi connectivity index (χ1v) is 9.96. The van der Waals surface area contributed by atoms with Crippen molar-refractivity contribution in [3.63, 3.8) is 0 Å². The molecule has 0 radical (unpaired) electrons. The van der Waals surface area contributed by atoms with Crippen molar-refractivity contribution in [3.05, 3.63) is 54.6 Å². The highest BCUT2D eigenvalue weighted by Gasteiger charge is 2.25. The van der Waals surface area contributed by atoms with E-state index in [4.69, 9.17) is 0 Å². The van der Waals surface area contributed by atoms with Crippen LogP contribution in [0.15, 0.2) is 59.5 Å². The fourth-order valence-electron chi connectivity index (χ4n) is 3.21. The van der Waals surface area contributed by atoms with Crippen molar-refractivity contribution in [1.82, 2.24) is 0 Å². The number of anilines is 2. The Morgan fingerprint density at radius 1 is 1.23 bits per heavy atom. The van der Waals surface area contributed by atoms with Gasteiger partial charge in [0.15, 0.2) is 0 Å². The minimum atomic E-state index is -0.505. The third-order valence-electron chi connectivity index (χ3n) is 4.48. The number of carbonyl (C=O) groups excluding carboxylic acids is 1. The van der Waals surface area contributed by atoms with Crippen LogP contribution in [0.3, 0.4) is 0 Å². The van der Waals surface area contributed by atoms with Gasteiger partial charge in [0.2, 0.25) is 5.91 Å². The predicted octanol–water partition coefficient (Wildman–Crippen LogP) is 3.79. The summed E-state index contributed by atoms with van der Waals surface area (Å²) in [5.41, 5.74) is 1.95. The van der Waals surface area contributed by atoms with Crippen molar-refractivity contribution in [3.8, 4) is 0 Å². The zero-order valence-corrected chi connectivity index (χ0v) is 16.2. The molecule has 26 heavy (non-hydrogen) atoms. The summed E-state index contributed by atoms with van der Waals surface area (Å²) in [5.74, 6) is 0.0663. The topological polar surface area (TPSA) is 43.8 Å². The van der Waals surface area contributed by atoms with Gasteiger partial charge in [-0.2, -0.15) is 0 Å². The highest BCUT2D eigenvalue weighted by molar-refractivity contribution is 8.00. The molecule has 2 atom stereocenters. The number of carbonyl (C=O) groups is 1. The highest BCUT2D eigenvalue weighted by Crippen LogP contribution is 2.37. The number of benzene rings is 2. The van der Waals surface area contributed by atoms with Gasteiger partial charge in [-0.3, -0.25) is 4.79 Å². The van der Waals surface area contributed by atoms with Crippen LogP contribution in [-0.2, 0) is 4.79 Å². The number of aliphatic hydroxyl groups excluding tert-OH is 1. The van der Waals surface area contributed by atoms with Crippen LogP contribution < -0.4 is 9.80 Å². The van der Waals surface area contributed by atoms with Crippen LogP contribution in [0.25, 0.3) is 0 Å². The predicted molar refractivity (Wildman–Crippen MR) is 109 cm³/mol. The summed E-state index contributed by atoms with van der Waals surface area (Å²) >= 11 is 1.83. The van der Waals surface area contributed by atoms with Gasteiger partial charge in [0.25, 0.3) is 0 Å². The fourth-order valence-corrected chi connectivity index (χ4v) is 4.33. The molecule has 5 heteroatoms. The molecule has 0 aromatic heterocycles. The first kappa shape index (κ1) is 18.8. The van der Waals surface area contributed by atoms with E-state index < -0.39 is 6.10 Å². The molecule has 0 aliphatic carbocycles. The fraction of sp³-hybridized carbons (Fsp3) is 0.381. The molecule has 0 saturated carbocycles. The molecule has 138 valence electrons. The molecule has 1 heterocycles. The molecule has 0 fully saturated rings. The molecule has 3 rings (SSSR count). The molecule has 1 aliphatic heterocycles. The second kappa shape index (κ2) is 8.60. The van der Waals surface area contributed by atoms with Gasteiger partial charge in [-0.05, 0) is 37.6 Å². The van der Waals surface area contributed by atoms with Crippen LogP contribution in [-0.4, -0.2) is 42.0 Å². The summed E-state index contributed by atoms with van der Waals surface area (Å²) in [6.45, 7) is 5.36. The van der Waals surface area contributed by atoms with Crippen molar-refractivity contribution >= 4 is 29.0 Å². The Balaban J connectivity index is 1.83. The molecule has 2 aromatic rings. The third-order valence-corrected chi connectivity index (χ3v) is 5.71. The monoisotopic (exact) mass is 370 g/mol. The van der Waals surface area contributed by atoms with Crippen LogP contribution in [0, 0.1) is 0 Å². The first-order valence-electron chi connectivity index (χ1n) is 9.08. The van der Waals surface area contributed by atoms with E-state index >= 15 is 0 Å². The maximum atomic E-state index is 13.2. The van der Waals surface area contributed by atoms with Gasteiger partial charge >= 0.3 is 0 Å². The van der Waals surface area contributed by atoms with E-state index in [1.165, 1.54) is 0 Å².